The van der Waals surface area contributed by atoms with E-state index in [1.807, 2.05) is 0 Å². The minimum Gasteiger partial charge on any atom is -0.368 e. The fourth-order valence-corrected chi connectivity index (χ4v) is 2.07. The normalized spacial score (nSPS) is 13.4. The molecule has 3 nitrogen and oxygen atoms in total. The lowest BCUT2D eigenvalue weighted by atomic mass is 9.83. The second-order valence-corrected chi connectivity index (χ2v) is 6.05. The van der Waals surface area contributed by atoms with Crippen LogP contribution in [0.1, 0.15) is 43.0 Å². The number of primary amides is 1. The minimum atomic E-state index is -0.608. The Labute approximate surface area is 110 Å². The van der Waals surface area contributed by atoms with Gasteiger partial charge in [0, 0.05) is 0 Å². The molecule has 1 rings (SSSR count). The number of hydrogen-bond donors (Lipinski definition) is 2. The molecule has 0 heterocycles. The van der Waals surface area contributed by atoms with Gasteiger partial charge >= 0.3 is 0 Å². The van der Waals surface area contributed by atoms with Gasteiger partial charge in [-0.25, -0.2) is 0 Å². The van der Waals surface area contributed by atoms with Crippen LogP contribution in [0.2, 0.25) is 0 Å². The van der Waals surface area contributed by atoms with E-state index in [9.17, 15) is 4.79 Å². The molecule has 3 heteroatoms. The summed E-state index contributed by atoms with van der Waals surface area (Å²) in [4.78, 5) is 11.0. The standard InChI is InChI=1S/C15H24N2O/c1-9-6-11(15(3,4)5)7-10(2)12(9)8-13(16)14(17)18/h6-7,13H,8,16H2,1-5H3,(H2,17,18). The number of rotatable bonds is 3. The third-order valence-electron chi connectivity index (χ3n) is 3.35. The fraction of sp³-hybridized carbons (Fsp3) is 0.533. The molecule has 18 heavy (non-hydrogen) atoms. The summed E-state index contributed by atoms with van der Waals surface area (Å²) in [5, 5.41) is 0. The van der Waals surface area contributed by atoms with E-state index in [4.69, 9.17) is 11.5 Å². The van der Waals surface area contributed by atoms with E-state index >= 15 is 0 Å². The summed E-state index contributed by atoms with van der Waals surface area (Å²) in [5.41, 5.74) is 15.9. The summed E-state index contributed by atoms with van der Waals surface area (Å²) in [5.74, 6) is -0.450. The van der Waals surface area contributed by atoms with E-state index < -0.39 is 11.9 Å². The van der Waals surface area contributed by atoms with Crippen LogP contribution in [0.25, 0.3) is 0 Å². The third-order valence-corrected chi connectivity index (χ3v) is 3.35. The zero-order chi connectivity index (χ0) is 14.1. The molecule has 1 aromatic carbocycles. The van der Waals surface area contributed by atoms with Crippen molar-refractivity contribution in [2.75, 3.05) is 0 Å². The monoisotopic (exact) mass is 248 g/mol. The average molecular weight is 248 g/mol. The van der Waals surface area contributed by atoms with E-state index in [0.717, 1.165) is 5.56 Å². The van der Waals surface area contributed by atoms with Gasteiger partial charge in [-0.05, 0) is 47.9 Å². The van der Waals surface area contributed by atoms with Crippen molar-refractivity contribution in [1.29, 1.82) is 0 Å². The summed E-state index contributed by atoms with van der Waals surface area (Å²) < 4.78 is 0. The highest BCUT2D eigenvalue weighted by Gasteiger charge is 2.18. The van der Waals surface area contributed by atoms with Crippen LogP contribution < -0.4 is 11.5 Å². The van der Waals surface area contributed by atoms with Crippen molar-refractivity contribution in [2.24, 2.45) is 11.5 Å². The number of carbonyl (C=O) groups excluding carboxylic acids is 1. The lowest BCUT2D eigenvalue weighted by Gasteiger charge is -2.23. The Morgan fingerprint density at radius 2 is 1.67 bits per heavy atom. The molecule has 0 aliphatic heterocycles. The quantitative estimate of drug-likeness (QED) is 0.858. The van der Waals surface area contributed by atoms with Crippen molar-refractivity contribution >= 4 is 5.91 Å². The van der Waals surface area contributed by atoms with E-state index in [2.05, 4.69) is 46.8 Å². The molecular weight excluding hydrogens is 224 g/mol. The maximum absolute atomic E-state index is 11.0. The van der Waals surface area contributed by atoms with Crippen molar-refractivity contribution in [2.45, 2.75) is 52.5 Å². The summed E-state index contributed by atoms with van der Waals surface area (Å²) >= 11 is 0. The third kappa shape index (κ3) is 3.33. The van der Waals surface area contributed by atoms with Gasteiger partial charge in [0.15, 0.2) is 0 Å². The molecule has 0 spiro atoms. The molecule has 0 saturated carbocycles. The number of amides is 1. The molecule has 1 atom stereocenters. The largest absolute Gasteiger partial charge is 0.368 e. The Bertz CT molecular complexity index is 435. The maximum Gasteiger partial charge on any atom is 0.234 e. The van der Waals surface area contributed by atoms with Gasteiger partial charge in [0.25, 0.3) is 0 Å². The molecule has 100 valence electrons. The van der Waals surface area contributed by atoms with E-state index in [-0.39, 0.29) is 5.41 Å². The van der Waals surface area contributed by atoms with E-state index in [1.165, 1.54) is 16.7 Å². The smallest absolute Gasteiger partial charge is 0.234 e. The molecule has 1 unspecified atom stereocenters. The van der Waals surface area contributed by atoms with Gasteiger partial charge < -0.3 is 11.5 Å². The Morgan fingerprint density at radius 3 is 2.00 bits per heavy atom. The molecule has 0 bridgehead atoms. The van der Waals surface area contributed by atoms with Gasteiger partial charge in [-0.15, -0.1) is 0 Å². The molecule has 0 saturated heterocycles. The molecule has 0 aliphatic rings. The number of benzene rings is 1. The van der Waals surface area contributed by atoms with Crippen LogP contribution in [-0.4, -0.2) is 11.9 Å². The second kappa shape index (κ2) is 5.11. The van der Waals surface area contributed by atoms with Crippen LogP contribution in [0.5, 0.6) is 0 Å². The SMILES string of the molecule is Cc1cc(C(C)(C)C)cc(C)c1CC(N)C(N)=O. The van der Waals surface area contributed by atoms with Crippen LogP contribution in [0.3, 0.4) is 0 Å². The zero-order valence-electron chi connectivity index (χ0n) is 12.0. The van der Waals surface area contributed by atoms with Gasteiger partial charge in [0.1, 0.15) is 0 Å². The van der Waals surface area contributed by atoms with E-state index in [1.54, 1.807) is 0 Å². The maximum atomic E-state index is 11.0. The Morgan fingerprint density at radius 1 is 1.22 bits per heavy atom. The average Bonchev–Trinajstić information content (AvgIpc) is 2.21. The Balaban J connectivity index is 3.13. The van der Waals surface area contributed by atoms with Gasteiger partial charge in [-0.2, -0.15) is 0 Å². The van der Waals surface area contributed by atoms with Crippen LogP contribution in [0.15, 0.2) is 12.1 Å². The van der Waals surface area contributed by atoms with Gasteiger partial charge in [0.05, 0.1) is 6.04 Å². The summed E-state index contributed by atoms with van der Waals surface area (Å²) in [6, 6.07) is 3.74. The molecule has 0 radical (unpaired) electrons. The van der Waals surface area contributed by atoms with E-state index in [0.29, 0.717) is 6.42 Å². The highest BCUT2D eigenvalue weighted by molar-refractivity contribution is 5.80. The molecule has 0 aromatic heterocycles. The lowest BCUT2D eigenvalue weighted by molar-refractivity contribution is -0.119. The van der Waals surface area contributed by atoms with Crippen LogP contribution >= 0.6 is 0 Å². The number of aryl methyl sites for hydroxylation is 2. The molecule has 0 aliphatic carbocycles. The number of nitrogens with two attached hydrogens (primary N) is 2. The Hall–Kier alpha value is -1.35. The van der Waals surface area contributed by atoms with Crippen molar-refractivity contribution in [3.8, 4) is 0 Å². The van der Waals surface area contributed by atoms with Gasteiger partial charge in [0.2, 0.25) is 5.91 Å². The number of hydrogen-bond acceptors (Lipinski definition) is 2. The number of carbonyl (C=O) groups is 1. The first-order valence-electron chi connectivity index (χ1n) is 6.28. The topological polar surface area (TPSA) is 69.1 Å². The molecule has 1 aromatic rings. The first-order valence-corrected chi connectivity index (χ1v) is 6.28. The highest BCUT2D eigenvalue weighted by Crippen LogP contribution is 2.27. The molecule has 4 N–H and O–H groups in total. The highest BCUT2D eigenvalue weighted by atomic mass is 16.1. The van der Waals surface area contributed by atoms with Gasteiger partial charge in [-0.1, -0.05) is 32.9 Å². The molecule has 1 amide bonds. The first-order chi connectivity index (χ1) is 8.12. The fourth-order valence-electron chi connectivity index (χ4n) is 2.07. The predicted octanol–water partition coefficient (Wildman–Crippen LogP) is 1.96. The van der Waals surface area contributed by atoms with Crippen molar-refractivity contribution in [1.82, 2.24) is 0 Å². The summed E-state index contributed by atoms with van der Waals surface area (Å²) in [7, 11) is 0. The summed E-state index contributed by atoms with van der Waals surface area (Å²) in [6.07, 6.45) is 0.511. The van der Waals surface area contributed by atoms with Crippen LogP contribution in [-0.2, 0) is 16.6 Å². The molecule has 0 fully saturated rings. The van der Waals surface area contributed by atoms with Crippen LogP contribution in [0, 0.1) is 13.8 Å². The Kier molecular flexibility index (Phi) is 4.17. The first kappa shape index (κ1) is 14.7. The zero-order valence-corrected chi connectivity index (χ0v) is 12.0. The lowest BCUT2D eigenvalue weighted by Crippen LogP contribution is -2.38. The van der Waals surface area contributed by atoms with Crippen molar-refractivity contribution < 1.29 is 4.79 Å². The predicted molar refractivity (Wildman–Crippen MR) is 75.5 cm³/mol. The minimum absolute atomic E-state index is 0.125. The molecular formula is C15H24N2O. The van der Waals surface area contributed by atoms with Crippen molar-refractivity contribution in [3.05, 3.63) is 34.4 Å². The van der Waals surface area contributed by atoms with Crippen molar-refractivity contribution in [3.63, 3.8) is 0 Å². The summed E-state index contributed by atoms with van der Waals surface area (Å²) in [6.45, 7) is 10.7. The van der Waals surface area contributed by atoms with Crippen LogP contribution in [0.4, 0.5) is 0 Å². The second-order valence-electron chi connectivity index (χ2n) is 6.05. The van der Waals surface area contributed by atoms with Gasteiger partial charge in [-0.3, -0.25) is 4.79 Å².